The Bertz CT molecular complexity index is 727. The molecule has 5 nitrogen and oxygen atoms in total. The van der Waals surface area contributed by atoms with Gasteiger partial charge in [-0.1, -0.05) is 48.0 Å². The Morgan fingerprint density at radius 2 is 2.07 bits per heavy atom. The smallest absolute Gasteiger partial charge is 0.194 e. The third-order valence-corrected chi connectivity index (χ3v) is 4.81. The molecule has 1 saturated heterocycles. The first-order chi connectivity index (χ1) is 13.2. The van der Waals surface area contributed by atoms with Gasteiger partial charge in [-0.05, 0) is 30.5 Å². The number of aromatic nitrogens is 1. The number of hydrogen-bond donors (Lipinski definition) is 1. The lowest BCUT2D eigenvalue weighted by atomic mass is 10.1. The largest absolute Gasteiger partial charge is 0.376 e. The van der Waals surface area contributed by atoms with Gasteiger partial charge in [0.1, 0.15) is 5.15 Å². The van der Waals surface area contributed by atoms with Crippen LogP contribution in [0.3, 0.4) is 0 Å². The molecule has 3 rings (SSSR count). The zero-order valence-corrected chi connectivity index (χ0v) is 19.3. The van der Waals surface area contributed by atoms with E-state index in [1.165, 1.54) is 5.56 Å². The molecule has 2 aromatic rings. The highest BCUT2D eigenvalue weighted by atomic mass is 127. The van der Waals surface area contributed by atoms with E-state index in [4.69, 9.17) is 21.3 Å². The van der Waals surface area contributed by atoms with Crippen molar-refractivity contribution < 1.29 is 4.74 Å². The maximum absolute atomic E-state index is 5.92. The Kier molecular flexibility index (Phi) is 10.0. The number of hydrogen-bond acceptors (Lipinski definition) is 3. The predicted octanol–water partition coefficient (Wildman–Crippen LogP) is 4.36. The Balaban J connectivity index is 0.00000280. The highest BCUT2D eigenvalue weighted by Gasteiger charge is 2.25. The molecular formula is C21H28ClIN4O. The standard InChI is InChI=1S/C21H27ClN4O.HI/c1-2-23-21(25-13-18-8-9-20(22)24-12-18)26-11-10-19(14-26)16-27-15-17-6-4-3-5-7-17;/h3-9,12,19H,2,10-11,13-16H2,1H3,(H,23,25);1H. The number of nitrogens with zero attached hydrogens (tertiary/aromatic N) is 3. The summed E-state index contributed by atoms with van der Waals surface area (Å²) in [4.78, 5) is 11.2. The van der Waals surface area contributed by atoms with E-state index in [1.807, 2.05) is 24.3 Å². The fourth-order valence-corrected chi connectivity index (χ4v) is 3.28. The molecule has 1 aromatic heterocycles. The summed E-state index contributed by atoms with van der Waals surface area (Å²) in [7, 11) is 0. The van der Waals surface area contributed by atoms with Crippen LogP contribution in [0.25, 0.3) is 0 Å². The van der Waals surface area contributed by atoms with Crippen LogP contribution < -0.4 is 5.32 Å². The van der Waals surface area contributed by atoms with Gasteiger partial charge in [0, 0.05) is 31.7 Å². The summed E-state index contributed by atoms with van der Waals surface area (Å²) in [5.41, 5.74) is 2.27. The number of pyridine rings is 1. The second-order valence-electron chi connectivity index (χ2n) is 6.76. The summed E-state index contributed by atoms with van der Waals surface area (Å²) < 4.78 is 5.92. The quantitative estimate of drug-likeness (QED) is 0.258. The van der Waals surface area contributed by atoms with Gasteiger partial charge in [-0.15, -0.1) is 24.0 Å². The van der Waals surface area contributed by atoms with E-state index >= 15 is 0 Å². The Labute approximate surface area is 189 Å². The topological polar surface area (TPSA) is 49.8 Å². The first-order valence-corrected chi connectivity index (χ1v) is 9.87. The molecule has 0 bridgehead atoms. The third-order valence-electron chi connectivity index (χ3n) is 4.59. The Morgan fingerprint density at radius 3 is 2.79 bits per heavy atom. The molecule has 2 heterocycles. The van der Waals surface area contributed by atoms with Gasteiger partial charge in [-0.2, -0.15) is 0 Å². The molecule has 0 aliphatic carbocycles. The summed E-state index contributed by atoms with van der Waals surface area (Å²) in [5.74, 6) is 1.49. The summed E-state index contributed by atoms with van der Waals surface area (Å²) in [6, 6.07) is 14.1. The predicted molar refractivity (Wildman–Crippen MR) is 125 cm³/mol. The number of guanidine groups is 1. The number of benzene rings is 1. The summed E-state index contributed by atoms with van der Waals surface area (Å²) in [5, 5.41) is 3.90. The molecule has 152 valence electrons. The first kappa shape index (κ1) is 22.9. The van der Waals surface area contributed by atoms with Crippen molar-refractivity contribution in [1.29, 1.82) is 0 Å². The maximum Gasteiger partial charge on any atom is 0.194 e. The van der Waals surface area contributed by atoms with Crippen molar-refractivity contribution in [3.63, 3.8) is 0 Å². The van der Waals surface area contributed by atoms with Gasteiger partial charge in [0.25, 0.3) is 0 Å². The fourth-order valence-electron chi connectivity index (χ4n) is 3.17. The highest BCUT2D eigenvalue weighted by molar-refractivity contribution is 14.0. The van der Waals surface area contributed by atoms with Gasteiger partial charge in [-0.3, -0.25) is 0 Å². The summed E-state index contributed by atoms with van der Waals surface area (Å²) >= 11 is 5.85. The van der Waals surface area contributed by atoms with Crippen LogP contribution in [0.4, 0.5) is 0 Å². The summed E-state index contributed by atoms with van der Waals surface area (Å²) in [6.07, 6.45) is 2.90. The van der Waals surface area contributed by atoms with Crippen LogP contribution in [-0.4, -0.2) is 42.1 Å². The Morgan fingerprint density at radius 1 is 1.25 bits per heavy atom. The summed E-state index contributed by atoms with van der Waals surface area (Å²) in [6.45, 7) is 6.97. The van der Waals surface area contributed by atoms with E-state index in [-0.39, 0.29) is 24.0 Å². The number of rotatable bonds is 7. The molecule has 1 N–H and O–H groups in total. The lowest BCUT2D eigenvalue weighted by Crippen LogP contribution is -2.40. The number of likely N-dealkylation sites (tertiary alicyclic amines) is 1. The molecule has 0 saturated carbocycles. The number of nitrogens with one attached hydrogen (secondary N) is 1. The monoisotopic (exact) mass is 514 g/mol. The molecule has 1 atom stereocenters. The van der Waals surface area contributed by atoms with Crippen molar-refractivity contribution in [2.24, 2.45) is 10.9 Å². The van der Waals surface area contributed by atoms with E-state index in [1.54, 1.807) is 12.3 Å². The molecule has 0 spiro atoms. The molecule has 1 unspecified atom stereocenters. The zero-order valence-electron chi connectivity index (χ0n) is 16.2. The number of ether oxygens (including phenoxy) is 1. The number of halogens is 2. The minimum absolute atomic E-state index is 0. The van der Waals surface area contributed by atoms with Crippen molar-refractivity contribution >= 4 is 41.5 Å². The fraction of sp³-hybridized carbons (Fsp3) is 0.429. The Hall–Kier alpha value is -1.38. The molecular weight excluding hydrogens is 487 g/mol. The minimum Gasteiger partial charge on any atom is -0.376 e. The van der Waals surface area contributed by atoms with Crippen molar-refractivity contribution in [3.8, 4) is 0 Å². The van der Waals surface area contributed by atoms with Gasteiger partial charge in [0.2, 0.25) is 0 Å². The van der Waals surface area contributed by atoms with E-state index in [0.717, 1.165) is 44.2 Å². The van der Waals surface area contributed by atoms with Gasteiger partial charge in [0.15, 0.2) is 5.96 Å². The molecule has 7 heteroatoms. The average Bonchev–Trinajstić information content (AvgIpc) is 3.16. The maximum atomic E-state index is 5.92. The SMILES string of the molecule is CCNC(=NCc1ccc(Cl)nc1)N1CCC(COCc2ccccc2)C1.I. The average molecular weight is 515 g/mol. The van der Waals surface area contributed by atoms with E-state index in [9.17, 15) is 0 Å². The minimum atomic E-state index is 0. The van der Waals surface area contributed by atoms with Crippen LogP contribution in [0.1, 0.15) is 24.5 Å². The number of aliphatic imine (C=N–C) groups is 1. The molecule has 0 radical (unpaired) electrons. The van der Waals surface area contributed by atoms with Gasteiger partial charge >= 0.3 is 0 Å². The molecule has 0 amide bonds. The van der Waals surface area contributed by atoms with E-state index in [0.29, 0.717) is 24.2 Å². The van der Waals surface area contributed by atoms with E-state index < -0.39 is 0 Å². The lowest BCUT2D eigenvalue weighted by molar-refractivity contribution is 0.0906. The first-order valence-electron chi connectivity index (χ1n) is 9.50. The van der Waals surface area contributed by atoms with Crippen molar-refractivity contribution in [2.45, 2.75) is 26.5 Å². The van der Waals surface area contributed by atoms with Crippen LogP contribution in [0.15, 0.2) is 53.7 Å². The van der Waals surface area contributed by atoms with Crippen molar-refractivity contribution in [3.05, 3.63) is 64.9 Å². The molecule has 1 aliphatic heterocycles. The third kappa shape index (κ3) is 7.22. The normalized spacial score (nSPS) is 16.7. The highest BCUT2D eigenvalue weighted by Crippen LogP contribution is 2.18. The molecule has 28 heavy (non-hydrogen) atoms. The van der Waals surface area contributed by atoms with E-state index in [2.05, 4.69) is 34.3 Å². The van der Waals surface area contributed by atoms with Crippen LogP contribution >= 0.6 is 35.6 Å². The van der Waals surface area contributed by atoms with Gasteiger partial charge < -0.3 is 15.0 Å². The van der Waals surface area contributed by atoms with Crippen LogP contribution in [0, 0.1) is 5.92 Å². The molecule has 1 fully saturated rings. The van der Waals surface area contributed by atoms with Crippen LogP contribution in [0.5, 0.6) is 0 Å². The molecule has 1 aromatic carbocycles. The van der Waals surface area contributed by atoms with Gasteiger partial charge in [-0.25, -0.2) is 9.98 Å². The molecule has 1 aliphatic rings. The van der Waals surface area contributed by atoms with Crippen molar-refractivity contribution in [2.75, 3.05) is 26.2 Å². The second kappa shape index (κ2) is 12.2. The zero-order chi connectivity index (χ0) is 18.9. The van der Waals surface area contributed by atoms with Crippen molar-refractivity contribution in [1.82, 2.24) is 15.2 Å². The van der Waals surface area contributed by atoms with Crippen LogP contribution in [-0.2, 0) is 17.9 Å². The van der Waals surface area contributed by atoms with Gasteiger partial charge in [0.05, 0.1) is 19.8 Å². The van der Waals surface area contributed by atoms with Crippen LogP contribution in [0.2, 0.25) is 5.15 Å². The lowest BCUT2D eigenvalue weighted by Gasteiger charge is -2.21. The second-order valence-corrected chi connectivity index (χ2v) is 7.15.